The minimum absolute atomic E-state index is 0.153. The van der Waals surface area contributed by atoms with Crippen molar-refractivity contribution in [3.63, 3.8) is 0 Å². The van der Waals surface area contributed by atoms with Gasteiger partial charge in [-0.05, 0) is 37.5 Å². The Morgan fingerprint density at radius 3 is 2.57 bits per heavy atom. The van der Waals surface area contributed by atoms with E-state index in [0.717, 1.165) is 41.8 Å². The molecule has 0 spiro atoms. The van der Waals surface area contributed by atoms with Gasteiger partial charge in [-0.2, -0.15) is 0 Å². The Balaban J connectivity index is 1.77. The second-order valence-corrected chi connectivity index (χ2v) is 7.22. The van der Waals surface area contributed by atoms with E-state index in [1.807, 2.05) is 18.3 Å². The Morgan fingerprint density at radius 1 is 1.11 bits per heavy atom. The molecular formula is C22H23N5O. The van der Waals surface area contributed by atoms with Crippen LogP contribution in [0, 0.1) is 12.8 Å². The summed E-state index contributed by atoms with van der Waals surface area (Å²) in [5.74, 6) is 0.233. The third-order valence-corrected chi connectivity index (χ3v) is 5.20. The molecule has 1 fully saturated rings. The van der Waals surface area contributed by atoms with Gasteiger partial charge in [0.2, 0.25) is 11.9 Å². The lowest BCUT2D eigenvalue weighted by Crippen LogP contribution is -2.41. The summed E-state index contributed by atoms with van der Waals surface area (Å²) in [5.41, 5.74) is 10.6. The molecule has 1 aliphatic heterocycles. The van der Waals surface area contributed by atoms with Crippen molar-refractivity contribution in [2.24, 2.45) is 11.7 Å². The number of pyridine rings is 1. The summed E-state index contributed by atoms with van der Waals surface area (Å²) in [6.07, 6.45) is 7.13. The minimum Gasteiger partial charge on any atom is -0.369 e. The van der Waals surface area contributed by atoms with Crippen molar-refractivity contribution < 1.29 is 4.79 Å². The molecule has 1 amide bonds. The lowest BCUT2D eigenvalue weighted by molar-refractivity contribution is -0.122. The molecular weight excluding hydrogens is 350 g/mol. The van der Waals surface area contributed by atoms with E-state index in [0.29, 0.717) is 12.5 Å². The quantitative estimate of drug-likeness (QED) is 0.759. The molecule has 0 bridgehead atoms. The summed E-state index contributed by atoms with van der Waals surface area (Å²) < 4.78 is 0. The van der Waals surface area contributed by atoms with Crippen LogP contribution in [0.4, 0.5) is 5.95 Å². The Bertz CT molecular complexity index is 972. The molecule has 0 saturated carbocycles. The number of hydrogen-bond acceptors (Lipinski definition) is 5. The number of benzene rings is 1. The van der Waals surface area contributed by atoms with Gasteiger partial charge in [-0.1, -0.05) is 29.8 Å². The van der Waals surface area contributed by atoms with Gasteiger partial charge >= 0.3 is 0 Å². The molecule has 0 aliphatic carbocycles. The molecule has 28 heavy (non-hydrogen) atoms. The van der Waals surface area contributed by atoms with Gasteiger partial charge in [0.05, 0.1) is 11.6 Å². The molecule has 1 aromatic carbocycles. The Kier molecular flexibility index (Phi) is 5.02. The van der Waals surface area contributed by atoms with Crippen molar-refractivity contribution in [2.75, 3.05) is 18.0 Å². The number of nitrogens with zero attached hydrogens (tertiary/aromatic N) is 4. The number of carbonyl (C=O) groups is 1. The third kappa shape index (κ3) is 3.71. The number of aryl methyl sites for hydroxylation is 1. The van der Waals surface area contributed by atoms with Crippen LogP contribution in [0.2, 0.25) is 0 Å². The number of aromatic nitrogens is 3. The van der Waals surface area contributed by atoms with Crippen LogP contribution in [-0.2, 0) is 4.79 Å². The number of carbonyl (C=O) groups excluding carboxylic acids is 1. The maximum Gasteiger partial charge on any atom is 0.225 e. The number of piperidine rings is 1. The van der Waals surface area contributed by atoms with Gasteiger partial charge in [0.25, 0.3) is 0 Å². The molecule has 1 unspecified atom stereocenters. The van der Waals surface area contributed by atoms with Crippen LogP contribution in [0.5, 0.6) is 0 Å². The highest BCUT2D eigenvalue weighted by atomic mass is 16.1. The van der Waals surface area contributed by atoms with Gasteiger partial charge in [0.15, 0.2) is 0 Å². The molecule has 1 aliphatic rings. The van der Waals surface area contributed by atoms with Crippen molar-refractivity contribution in [3.05, 3.63) is 60.6 Å². The monoisotopic (exact) mass is 373 g/mol. The summed E-state index contributed by atoms with van der Waals surface area (Å²) >= 11 is 0. The van der Waals surface area contributed by atoms with E-state index in [9.17, 15) is 4.79 Å². The SMILES string of the molecule is Cc1ccc(-c2nc(N3CCCC(C(N)=O)C3)ncc2-c2ccncc2)cc1. The highest BCUT2D eigenvalue weighted by molar-refractivity contribution is 5.81. The van der Waals surface area contributed by atoms with Crippen LogP contribution in [0.15, 0.2) is 55.0 Å². The predicted octanol–water partition coefficient (Wildman–Crippen LogP) is 3.22. The zero-order valence-corrected chi connectivity index (χ0v) is 15.9. The Hall–Kier alpha value is -3.28. The molecule has 6 nitrogen and oxygen atoms in total. The van der Waals surface area contributed by atoms with Gasteiger partial charge in [0.1, 0.15) is 0 Å². The number of hydrogen-bond donors (Lipinski definition) is 1. The first-order chi connectivity index (χ1) is 13.6. The van der Waals surface area contributed by atoms with Crippen LogP contribution < -0.4 is 10.6 Å². The summed E-state index contributed by atoms with van der Waals surface area (Å²) in [5, 5.41) is 0. The molecule has 2 N–H and O–H groups in total. The lowest BCUT2D eigenvalue weighted by Gasteiger charge is -2.31. The Labute approximate surface area is 164 Å². The van der Waals surface area contributed by atoms with Gasteiger partial charge in [-0.3, -0.25) is 9.78 Å². The molecule has 0 radical (unpaired) electrons. The van der Waals surface area contributed by atoms with Crippen LogP contribution >= 0.6 is 0 Å². The van der Waals surface area contributed by atoms with Crippen LogP contribution in [-0.4, -0.2) is 33.9 Å². The van der Waals surface area contributed by atoms with Crippen LogP contribution in [0.25, 0.3) is 22.4 Å². The van der Waals surface area contributed by atoms with Gasteiger partial charge in [-0.25, -0.2) is 9.97 Å². The van der Waals surface area contributed by atoms with Gasteiger partial charge in [-0.15, -0.1) is 0 Å². The maximum absolute atomic E-state index is 11.6. The van der Waals surface area contributed by atoms with E-state index >= 15 is 0 Å². The Morgan fingerprint density at radius 2 is 1.86 bits per heavy atom. The van der Waals surface area contributed by atoms with Crippen molar-refractivity contribution in [1.29, 1.82) is 0 Å². The normalized spacial score (nSPS) is 16.8. The van der Waals surface area contributed by atoms with Gasteiger partial charge < -0.3 is 10.6 Å². The summed E-state index contributed by atoms with van der Waals surface area (Å²) in [7, 11) is 0. The van der Waals surface area contributed by atoms with Crippen molar-refractivity contribution in [1.82, 2.24) is 15.0 Å². The number of primary amides is 1. The lowest BCUT2D eigenvalue weighted by atomic mass is 9.97. The number of rotatable bonds is 4. The topological polar surface area (TPSA) is 85.0 Å². The standard InChI is InChI=1S/C22H23N5O/c1-15-4-6-17(7-5-15)20-19(16-8-10-24-11-9-16)13-25-22(26-20)27-12-2-3-18(14-27)21(23)28/h4-11,13,18H,2-3,12,14H2,1H3,(H2,23,28). The van der Waals surface area contributed by atoms with Gasteiger partial charge in [0, 0.05) is 42.8 Å². The minimum atomic E-state index is -0.253. The third-order valence-electron chi connectivity index (χ3n) is 5.20. The van der Waals surface area contributed by atoms with E-state index < -0.39 is 0 Å². The molecule has 2 aromatic heterocycles. The fraction of sp³-hybridized carbons (Fsp3) is 0.273. The van der Waals surface area contributed by atoms with Crippen molar-refractivity contribution in [3.8, 4) is 22.4 Å². The first-order valence-electron chi connectivity index (χ1n) is 9.50. The summed E-state index contributed by atoms with van der Waals surface area (Å²) in [6.45, 7) is 3.46. The van der Waals surface area contributed by atoms with E-state index in [2.05, 4.69) is 46.1 Å². The van der Waals surface area contributed by atoms with Crippen LogP contribution in [0.1, 0.15) is 18.4 Å². The fourth-order valence-electron chi connectivity index (χ4n) is 3.59. The zero-order valence-electron chi connectivity index (χ0n) is 15.9. The number of amides is 1. The molecule has 142 valence electrons. The van der Waals surface area contributed by atoms with Crippen molar-refractivity contribution in [2.45, 2.75) is 19.8 Å². The van der Waals surface area contributed by atoms with Crippen molar-refractivity contribution >= 4 is 11.9 Å². The fourth-order valence-corrected chi connectivity index (χ4v) is 3.59. The van der Waals surface area contributed by atoms with E-state index in [-0.39, 0.29) is 11.8 Å². The molecule has 6 heteroatoms. The average Bonchev–Trinajstić information content (AvgIpc) is 2.74. The summed E-state index contributed by atoms with van der Waals surface area (Å²) in [6, 6.07) is 12.2. The largest absolute Gasteiger partial charge is 0.369 e. The van der Waals surface area contributed by atoms with Crippen LogP contribution in [0.3, 0.4) is 0 Å². The second kappa shape index (κ2) is 7.76. The molecule has 1 atom stereocenters. The van der Waals surface area contributed by atoms with E-state index in [4.69, 9.17) is 10.7 Å². The molecule has 4 rings (SSSR count). The smallest absolute Gasteiger partial charge is 0.225 e. The second-order valence-electron chi connectivity index (χ2n) is 7.22. The molecule has 1 saturated heterocycles. The zero-order chi connectivity index (χ0) is 19.5. The highest BCUT2D eigenvalue weighted by Gasteiger charge is 2.26. The van der Waals surface area contributed by atoms with E-state index in [1.165, 1.54) is 5.56 Å². The predicted molar refractivity (Wildman–Crippen MR) is 110 cm³/mol. The first-order valence-corrected chi connectivity index (χ1v) is 9.50. The highest BCUT2D eigenvalue weighted by Crippen LogP contribution is 2.32. The summed E-state index contributed by atoms with van der Waals surface area (Å²) in [4.78, 5) is 27.3. The first kappa shape index (κ1) is 18.1. The molecule has 3 aromatic rings. The maximum atomic E-state index is 11.6. The number of anilines is 1. The number of nitrogens with two attached hydrogens (primary N) is 1. The van der Waals surface area contributed by atoms with E-state index in [1.54, 1.807) is 12.4 Å². The average molecular weight is 373 g/mol. The molecule has 3 heterocycles.